The fraction of sp³-hybridized carbons (Fsp3) is 0.391. The minimum Gasteiger partial charge on any atom is -0.369 e. The monoisotopic (exact) mass is 473 g/mol. The number of nitrogens with zero attached hydrogens (tertiary/aromatic N) is 3. The summed E-state index contributed by atoms with van der Waals surface area (Å²) in [5.41, 5.74) is 3.05. The zero-order chi connectivity index (χ0) is 24.2. The second-order valence-electron chi connectivity index (χ2n) is 8.34. The summed E-state index contributed by atoms with van der Waals surface area (Å²) in [4.78, 5) is 29.4. The first-order chi connectivity index (χ1) is 15.6. The van der Waals surface area contributed by atoms with Crippen LogP contribution in [0.1, 0.15) is 15.9 Å². The third-order valence-electron chi connectivity index (χ3n) is 5.61. The van der Waals surface area contributed by atoms with Gasteiger partial charge in [0.05, 0.1) is 11.4 Å². The molecule has 0 radical (unpaired) electrons. The molecule has 2 aromatic carbocycles. The highest BCUT2D eigenvalue weighted by molar-refractivity contribution is 7.89. The van der Waals surface area contributed by atoms with Crippen LogP contribution in [0.4, 0.5) is 11.4 Å². The molecule has 9 nitrogen and oxygen atoms in total. The van der Waals surface area contributed by atoms with Crippen LogP contribution in [-0.4, -0.2) is 83.3 Å². The number of sulfonamides is 1. The zero-order valence-corrected chi connectivity index (χ0v) is 20.3. The molecule has 33 heavy (non-hydrogen) atoms. The van der Waals surface area contributed by atoms with Crippen molar-refractivity contribution in [2.24, 2.45) is 0 Å². The average Bonchev–Trinajstić information content (AvgIpc) is 2.78. The number of nitrogens with one attached hydrogen (secondary N) is 2. The Morgan fingerprint density at radius 1 is 1.03 bits per heavy atom. The van der Waals surface area contributed by atoms with Gasteiger partial charge in [-0.1, -0.05) is 6.07 Å². The molecule has 0 saturated carbocycles. The van der Waals surface area contributed by atoms with Gasteiger partial charge in [0.15, 0.2) is 0 Å². The van der Waals surface area contributed by atoms with Crippen molar-refractivity contribution in [3.63, 3.8) is 0 Å². The van der Waals surface area contributed by atoms with E-state index < -0.39 is 15.9 Å². The van der Waals surface area contributed by atoms with Gasteiger partial charge in [-0.3, -0.25) is 9.59 Å². The number of piperazine rings is 1. The van der Waals surface area contributed by atoms with Gasteiger partial charge in [-0.15, -0.1) is 0 Å². The van der Waals surface area contributed by atoms with Crippen molar-refractivity contribution >= 4 is 33.2 Å². The van der Waals surface area contributed by atoms with Crippen LogP contribution in [0.15, 0.2) is 47.4 Å². The predicted molar refractivity (Wildman–Crippen MR) is 129 cm³/mol. The maximum atomic E-state index is 12.4. The Bertz CT molecular complexity index is 1130. The molecule has 1 fully saturated rings. The standard InChI is InChI=1S/C23H31N5O4S/c1-17-14-19(8-9-21(17)28-12-10-27(4)11-13-28)25-22(29)16-24-23(30)18-6-5-7-20(15-18)33(31,32)26(2)3/h5-9,14-15H,10-13,16H2,1-4H3,(H,24,30)(H,25,29). The van der Waals surface area contributed by atoms with Crippen LogP contribution >= 0.6 is 0 Å². The molecule has 1 aliphatic rings. The molecule has 1 aliphatic heterocycles. The van der Waals surface area contributed by atoms with Crippen LogP contribution in [-0.2, 0) is 14.8 Å². The summed E-state index contributed by atoms with van der Waals surface area (Å²) >= 11 is 0. The Morgan fingerprint density at radius 3 is 2.36 bits per heavy atom. The summed E-state index contributed by atoms with van der Waals surface area (Å²) in [6.45, 7) is 5.74. The molecule has 0 aromatic heterocycles. The van der Waals surface area contributed by atoms with Gasteiger partial charge < -0.3 is 20.4 Å². The van der Waals surface area contributed by atoms with E-state index in [1.165, 1.54) is 38.4 Å². The quantitative estimate of drug-likeness (QED) is 0.630. The van der Waals surface area contributed by atoms with Crippen LogP contribution in [0, 0.1) is 6.92 Å². The van der Waals surface area contributed by atoms with Crippen molar-refractivity contribution in [2.45, 2.75) is 11.8 Å². The molecule has 10 heteroatoms. The normalized spacial score (nSPS) is 14.9. The molecule has 0 aliphatic carbocycles. The number of hydrogen-bond acceptors (Lipinski definition) is 6. The van der Waals surface area contributed by atoms with Crippen LogP contribution in [0.2, 0.25) is 0 Å². The molecule has 1 heterocycles. The highest BCUT2D eigenvalue weighted by Gasteiger charge is 2.19. The molecule has 0 bridgehead atoms. The molecule has 1 saturated heterocycles. The molecule has 2 N–H and O–H groups in total. The minimum atomic E-state index is -3.66. The summed E-state index contributed by atoms with van der Waals surface area (Å²) < 4.78 is 25.6. The summed E-state index contributed by atoms with van der Waals surface area (Å²) in [5, 5.41) is 5.33. The topological polar surface area (TPSA) is 102 Å². The van der Waals surface area contributed by atoms with Gasteiger partial charge >= 0.3 is 0 Å². The van der Waals surface area contributed by atoms with E-state index in [2.05, 4.69) is 27.5 Å². The van der Waals surface area contributed by atoms with Gasteiger partial charge in [0.2, 0.25) is 15.9 Å². The zero-order valence-electron chi connectivity index (χ0n) is 19.5. The van der Waals surface area contributed by atoms with E-state index in [1.54, 1.807) is 0 Å². The summed E-state index contributed by atoms with van der Waals surface area (Å²) in [5.74, 6) is -0.894. The lowest BCUT2D eigenvalue weighted by Crippen LogP contribution is -2.44. The molecule has 2 amide bonds. The van der Waals surface area contributed by atoms with E-state index in [-0.39, 0.29) is 22.9 Å². The maximum Gasteiger partial charge on any atom is 0.251 e. The third kappa shape index (κ3) is 6.10. The number of amides is 2. The number of rotatable bonds is 7. The van der Waals surface area contributed by atoms with E-state index >= 15 is 0 Å². The lowest BCUT2D eigenvalue weighted by Gasteiger charge is -2.35. The van der Waals surface area contributed by atoms with Gasteiger partial charge in [-0.05, 0) is 55.9 Å². The Hall–Kier alpha value is -2.95. The van der Waals surface area contributed by atoms with Gasteiger partial charge in [-0.2, -0.15) is 0 Å². The van der Waals surface area contributed by atoms with Crippen molar-refractivity contribution < 1.29 is 18.0 Å². The number of likely N-dealkylation sites (N-methyl/N-ethyl adjacent to an activating group) is 1. The molecule has 178 valence electrons. The van der Waals surface area contributed by atoms with Gasteiger partial charge in [0.1, 0.15) is 0 Å². The Kier molecular flexibility index (Phi) is 7.72. The van der Waals surface area contributed by atoms with Crippen LogP contribution in [0.5, 0.6) is 0 Å². The van der Waals surface area contributed by atoms with Crippen LogP contribution < -0.4 is 15.5 Å². The Morgan fingerprint density at radius 2 is 1.73 bits per heavy atom. The number of carbonyl (C=O) groups is 2. The van der Waals surface area contributed by atoms with Crippen molar-refractivity contribution in [1.82, 2.24) is 14.5 Å². The second-order valence-corrected chi connectivity index (χ2v) is 10.5. The number of anilines is 2. The van der Waals surface area contributed by atoms with E-state index in [4.69, 9.17) is 0 Å². The molecule has 2 aromatic rings. The fourth-order valence-corrected chi connectivity index (χ4v) is 4.56. The smallest absolute Gasteiger partial charge is 0.251 e. The summed E-state index contributed by atoms with van der Waals surface area (Å²) in [7, 11) is 1.30. The highest BCUT2D eigenvalue weighted by Crippen LogP contribution is 2.24. The lowest BCUT2D eigenvalue weighted by atomic mass is 10.1. The maximum absolute atomic E-state index is 12.4. The highest BCUT2D eigenvalue weighted by atomic mass is 32.2. The SMILES string of the molecule is Cc1cc(NC(=O)CNC(=O)c2cccc(S(=O)(=O)N(C)C)c2)ccc1N1CCN(C)CC1. The first kappa shape index (κ1) is 24.7. The van der Waals surface area contributed by atoms with Gasteiger partial charge in [0.25, 0.3) is 5.91 Å². The largest absolute Gasteiger partial charge is 0.369 e. The predicted octanol–water partition coefficient (Wildman–Crippen LogP) is 1.37. The van der Waals surface area contributed by atoms with Crippen molar-refractivity contribution in [3.05, 3.63) is 53.6 Å². The summed E-state index contributed by atoms with van der Waals surface area (Å²) in [6.07, 6.45) is 0. The first-order valence-electron chi connectivity index (χ1n) is 10.7. The number of carbonyl (C=O) groups excluding carboxylic acids is 2. The molecule has 0 atom stereocenters. The third-order valence-corrected chi connectivity index (χ3v) is 7.42. The van der Waals surface area contributed by atoms with Crippen LogP contribution in [0.3, 0.4) is 0 Å². The molecular formula is C23H31N5O4S. The average molecular weight is 474 g/mol. The van der Waals surface area contributed by atoms with Gasteiger partial charge in [-0.25, -0.2) is 12.7 Å². The van der Waals surface area contributed by atoms with Crippen molar-refractivity contribution in [2.75, 3.05) is 64.1 Å². The minimum absolute atomic E-state index is 0.0144. The first-order valence-corrected chi connectivity index (χ1v) is 12.2. The van der Waals surface area contributed by atoms with E-state index in [1.807, 2.05) is 25.1 Å². The van der Waals surface area contributed by atoms with Crippen molar-refractivity contribution in [1.29, 1.82) is 0 Å². The van der Waals surface area contributed by atoms with Gasteiger partial charge in [0, 0.05) is 57.2 Å². The number of benzene rings is 2. The number of hydrogen-bond donors (Lipinski definition) is 2. The lowest BCUT2D eigenvalue weighted by molar-refractivity contribution is -0.115. The van der Waals surface area contributed by atoms with E-state index in [0.29, 0.717) is 5.69 Å². The second kappa shape index (κ2) is 10.3. The van der Waals surface area contributed by atoms with Crippen LogP contribution in [0.25, 0.3) is 0 Å². The summed E-state index contributed by atoms with van der Waals surface area (Å²) in [6, 6.07) is 11.5. The van der Waals surface area contributed by atoms with E-state index in [0.717, 1.165) is 41.7 Å². The molecule has 3 rings (SSSR count). The molecule has 0 spiro atoms. The molecular weight excluding hydrogens is 442 g/mol. The molecule has 0 unspecified atom stereocenters. The van der Waals surface area contributed by atoms with E-state index in [9.17, 15) is 18.0 Å². The van der Waals surface area contributed by atoms with Crippen molar-refractivity contribution in [3.8, 4) is 0 Å². The number of aryl methyl sites for hydroxylation is 1. The Balaban J connectivity index is 1.57. The fourth-order valence-electron chi connectivity index (χ4n) is 3.61. The Labute approximate surface area is 195 Å².